The van der Waals surface area contributed by atoms with Gasteiger partial charge in [0.2, 0.25) is 0 Å². The summed E-state index contributed by atoms with van der Waals surface area (Å²) in [6.07, 6.45) is 3.56. The summed E-state index contributed by atoms with van der Waals surface area (Å²) in [5, 5.41) is 0. The molecule has 2 rings (SSSR count). The molecule has 1 aliphatic heterocycles. The van der Waals surface area contributed by atoms with E-state index < -0.39 is 0 Å². The Morgan fingerprint density at radius 2 is 1.67 bits per heavy atom. The van der Waals surface area contributed by atoms with Gasteiger partial charge in [-0.2, -0.15) is 0 Å². The maximum absolute atomic E-state index is 11.8. The van der Waals surface area contributed by atoms with E-state index >= 15 is 0 Å². The molecule has 0 N–H and O–H groups in total. The fourth-order valence-corrected chi connectivity index (χ4v) is 2.29. The minimum absolute atomic E-state index is 0.0642. The molecule has 0 saturated carbocycles. The molecule has 2 heterocycles. The van der Waals surface area contributed by atoms with Gasteiger partial charge in [0.25, 0.3) is 5.56 Å². The van der Waals surface area contributed by atoms with Crippen LogP contribution in [0.5, 0.6) is 0 Å². The molecule has 0 unspecified atom stereocenters. The predicted octanol–water partition coefficient (Wildman–Crippen LogP) is 2.13. The highest BCUT2D eigenvalue weighted by Crippen LogP contribution is 2.22. The SMILES string of the molecule is CC(C)(C)c1cc(=O)n2n1CCCCC2. The molecule has 15 heavy (non-hydrogen) atoms. The number of hydrogen-bond acceptors (Lipinski definition) is 1. The normalized spacial score (nSPS) is 17.3. The van der Waals surface area contributed by atoms with Crippen molar-refractivity contribution in [3.05, 3.63) is 22.1 Å². The first kappa shape index (κ1) is 10.5. The molecule has 3 nitrogen and oxygen atoms in total. The van der Waals surface area contributed by atoms with Crippen molar-refractivity contribution in [1.29, 1.82) is 0 Å². The van der Waals surface area contributed by atoms with Crippen LogP contribution in [0.2, 0.25) is 0 Å². The molecular weight excluding hydrogens is 188 g/mol. The first-order valence-electron chi connectivity index (χ1n) is 5.81. The van der Waals surface area contributed by atoms with Crippen molar-refractivity contribution < 1.29 is 0 Å². The van der Waals surface area contributed by atoms with E-state index in [0.717, 1.165) is 19.5 Å². The fraction of sp³-hybridized carbons (Fsp3) is 0.750. The van der Waals surface area contributed by atoms with Gasteiger partial charge < -0.3 is 0 Å². The lowest BCUT2D eigenvalue weighted by Crippen LogP contribution is -2.24. The average molecular weight is 208 g/mol. The van der Waals surface area contributed by atoms with Crippen LogP contribution < -0.4 is 5.56 Å². The van der Waals surface area contributed by atoms with Crippen molar-refractivity contribution >= 4 is 0 Å². The van der Waals surface area contributed by atoms with Crippen molar-refractivity contribution in [2.24, 2.45) is 0 Å². The summed E-state index contributed by atoms with van der Waals surface area (Å²) in [5.74, 6) is 0. The largest absolute Gasteiger partial charge is 0.286 e. The Hall–Kier alpha value is -0.990. The molecule has 0 amide bonds. The Morgan fingerprint density at radius 1 is 1.07 bits per heavy atom. The lowest BCUT2D eigenvalue weighted by molar-refractivity contribution is 0.420. The van der Waals surface area contributed by atoms with Gasteiger partial charge in [-0.15, -0.1) is 0 Å². The quantitative estimate of drug-likeness (QED) is 0.641. The van der Waals surface area contributed by atoms with Crippen LogP contribution in [0, 0.1) is 0 Å². The standard InChI is InChI=1S/C12H20N2O/c1-12(2,3)10-9-11(15)14-8-6-4-5-7-13(10)14/h9H,4-8H2,1-3H3. The van der Waals surface area contributed by atoms with Crippen molar-refractivity contribution in [2.75, 3.05) is 0 Å². The van der Waals surface area contributed by atoms with Crippen LogP contribution in [0.4, 0.5) is 0 Å². The van der Waals surface area contributed by atoms with Gasteiger partial charge in [-0.05, 0) is 19.3 Å². The Bertz CT molecular complexity index is 406. The topological polar surface area (TPSA) is 26.9 Å². The van der Waals surface area contributed by atoms with Crippen molar-refractivity contribution in [3.8, 4) is 0 Å². The molecule has 0 aliphatic carbocycles. The number of aromatic nitrogens is 2. The number of rotatable bonds is 0. The number of fused-ring (bicyclic) bond motifs is 1. The van der Waals surface area contributed by atoms with E-state index in [-0.39, 0.29) is 11.0 Å². The van der Waals surface area contributed by atoms with Gasteiger partial charge in [-0.1, -0.05) is 20.8 Å². The lowest BCUT2D eigenvalue weighted by Gasteiger charge is -2.21. The molecule has 84 valence electrons. The molecule has 0 spiro atoms. The van der Waals surface area contributed by atoms with Crippen LogP contribution in [-0.4, -0.2) is 9.36 Å². The molecule has 0 atom stereocenters. The molecule has 1 aromatic heterocycles. The molecular formula is C12H20N2O. The van der Waals surface area contributed by atoms with Crippen LogP contribution in [-0.2, 0) is 18.5 Å². The van der Waals surface area contributed by atoms with E-state index in [4.69, 9.17) is 0 Å². The highest BCUT2D eigenvalue weighted by atomic mass is 16.1. The van der Waals surface area contributed by atoms with E-state index in [1.165, 1.54) is 18.5 Å². The molecule has 0 saturated heterocycles. The molecule has 0 fully saturated rings. The third kappa shape index (κ3) is 1.87. The molecule has 0 radical (unpaired) electrons. The molecule has 0 bridgehead atoms. The zero-order chi connectivity index (χ0) is 11.1. The zero-order valence-corrected chi connectivity index (χ0v) is 9.92. The van der Waals surface area contributed by atoms with E-state index in [1.807, 2.05) is 10.7 Å². The summed E-state index contributed by atoms with van der Waals surface area (Å²) in [7, 11) is 0. The van der Waals surface area contributed by atoms with Crippen LogP contribution in [0.25, 0.3) is 0 Å². The van der Waals surface area contributed by atoms with Crippen LogP contribution in [0.3, 0.4) is 0 Å². The van der Waals surface area contributed by atoms with Crippen molar-refractivity contribution in [2.45, 2.75) is 58.5 Å². The molecule has 1 aliphatic rings. The zero-order valence-electron chi connectivity index (χ0n) is 9.92. The number of hydrogen-bond donors (Lipinski definition) is 0. The predicted molar refractivity (Wildman–Crippen MR) is 61.2 cm³/mol. The van der Waals surface area contributed by atoms with Gasteiger partial charge in [-0.3, -0.25) is 14.2 Å². The highest BCUT2D eigenvalue weighted by molar-refractivity contribution is 5.13. The monoisotopic (exact) mass is 208 g/mol. The van der Waals surface area contributed by atoms with Gasteiger partial charge in [-0.25, -0.2) is 0 Å². The molecule has 0 aromatic carbocycles. The second kappa shape index (κ2) is 3.54. The Morgan fingerprint density at radius 3 is 2.27 bits per heavy atom. The Balaban J connectivity index is 2.54. The molecule has 3 heteroatoms. The molecule has 1 aromatic rings. The third-order valence-electron chi connectivity index (χ3n) is 3.09. The van der Waals surface area contributed by atoms with Crippen molar-refractivity contribution in [1.82, 2.24) is 9.36 Å². The smallest absolute Gasteiger partial charge is 0.266 e. The Kier molecular flexibility index (Phi) is 2.49. The van der Waals surface area contributed by atoms with E-state index in [2.05, 4.69) is 25.5 Å². The van der Waals surface area contributed by atoms with Gasteiger partial charge >= 0.3 is 0 Å². The van der Waals surface area contributed by atoms with Gasteiger partial charge in [0.1, 0.15) is 0 Å². The number of nitrogens with zero attached hydrogens (tertiary/aromatic N) is 2. The highest BCUT2D eigenvalue weighted by Gasteiger charge is 2.22. The maximum Gasteiger partial charge on any atom is 0.266 e. The first-order valence-corrected chi connectivity index (χ1v) is 5.81. The first-order chi connectivity index (χ1) is 7.00. The summed E-state index contributed by atoms with van der Waals surface area (Å²) >= 11 is 0. The third-order valence-corrected chi connectivity index (χ3v) is 3.09. The lowest BCUT2D eigenvalue weighted by atomic mass is 9.92. The summed E-state index contributed by atoms with van der Waals surface area (Å²) in [6.45, 7) is 8.38. The Labute approximate surface area is 90.7 Å². The van der Waals surface area contributed by atoms with E-state index in [0.29, 0.717) is 0 Å². The summed E-state index contributed by atoms with van der Waals surface area (Å²) in [6, 6.07) is 1.81. The summed E-state index contributed by atoms with van der Waals surface area (Å²) in [4.78, 5) is 11.8. The average Bonchev–Trinajstić information content (AvgIpc) is 2.37. The van der Waals surface area contributed by atoms with Crippen LogP contribution in [0.1, 0.15) is 45.7 Å². The maximum atomic E-state index is 11.8. The minimum Gasteiger partial charge on any atom is -0.286 e. The summed E-state index contributed by atoms with van der Waals surface area (Å²) in [5.41, 5.74) is 1.41. The van der Waals surface area contributed by atoms with Gasteiger partial charge in [0, 0.05) is 30.3 Å². The second-order valence-electron chi connectivity index (χ2n) is 5.42. The van der Waals surface area contributed by atoms with Crippen molar-refractivity contribution in [3.63, 3.8) is 0 Å². The van der Waals surface area contributed by atoms with Gasteiger partial charge in [0.15, 0.2) is 0 Å². The second-order valence-corrected chi connectivity index (χ2v) is 5.42. The van der Waals surface area contributed by atoms with Crippen LogP contribution in [0.15, 0.2) is 10.9 Å². The van der Waals surface area contributed by atoms with Crippen LogP contribution >= 0.6 is 0 Å². The summed E-state index contributed by atoms with van der Waals surface area (Å²) < 4.78 is 4.10. The van der Waals surface area contributed by atoms with E-state index in [1.54, 1.807) is 0 Å². The fourth-order valence-electron chi connectivity index (χ4n) is 2.29. The van der Waals surface area contributed by atoms with E-state index in [9.17, 15) is 4.79 Å². The minimum atomic E-state index is 0.0642. The van der Waals surface area contributed by atoms with Gasteiger partial charge in [0.05, 0.1) is 0 Å².